The van der Waals surface area contributed by atoms with Gasteiger partial charge in [0.1, 0.15) is 22.4 Å². The average molecular weight is 500 g/mol. The molecule has 0 bridgehead atoms. The summed E-state index contributed by atoms with van der Waals surface area (Å²) in [6.07, 6.45) is 0. The van der Waals surface area contributed by atoms with E-state index in [-0.39, 0.29) is 35.2 Å². The molecule has 184 valence electrons. The van der Waals surface area contributed by atoms with Gasteiger partial charge in [0.05, 0.1) is 19.4 Å². The number of nitrogen functional groups attached to an aromatic ring is 1. The SMILES string of the molecule is COCCNC(=O)[C@@H](c1ccc(O)cc1)N(C(=O)c1snc(C(N)=O)c1N)c1cccc(OC)c1. The van der Waals surface area contributed by atoms with Crippen LogP contribution in [0, 0.1) is 0 Å². The van der Waals surface area contributed by atoms with Crippen LogP contribution in [0.4, 0.5) is 11.4 Å². The summed E-state index contributed by atoms with van der Waals surface area (Å²) in [5, 5.41) is 12.5. The first-order chi connectivity index (χ1) is 16.8. The third-order valence-electron chi connectivity index (χ3n) is 5.03. The smallest absolute Gasteiger partial charge is 0.273 e. The summed E-state index contributed by atoms with van der Waals surface area (Å²) in [7, 11) is 2.97. The van der Waals surface area contributed by atoms with E-state index in [1.54, 1.807) is 24.3 Å². The molecule has 0 unspecified atom stereocenters. The molecule has 0 saturated carbocycles. The molecule has 0 fully saturated rings. The Morgan fingerprint density at radius 1 is 1.17 bits per heavy atom. The Morgan fingerprint density at radius 2 is 1.89 bits per heavy atom. The number of nitrogens with two attached hydrogens (primary N) is 2. The van der Waals surface area contributed by atoms with Gasteiger partial charge in [0.2, 0.25) is 5.91 Å². The van der Waals surface area contributed by atoms with Crippen molar-refractivity contribution in [1.29, 1.82) is 0 Å². The maximum atomic E-state index is 13.9. The first-order valence-electron chi connectivity index (χ1n) is 10.4. The summed E-state index contributed by atoms with van der Waals surface area (Å²) in [6.45, 7) is 0.448. The maximum Gasteiger partial charge on any atom is 0.273 e. The molecule has 11 nitrogen and oxygen atoms in total. The number of carbonyl (C=O) groups is 3. The Kier molecular flexibility index (Phi) is 8.23. The molecule has 0 aliphatic heterocycles. The van der Waals surface area contributed by atoms with Gasteiger partial charge in [-0.2, -0.15) is 4.37 Å². The van der Waals surface area contributed by atoms with Crippen molar-refractivity contribution in [3.8, 4) is 11.5 Å². The highest BCUT2D eigenvalue weighted by molar-refractivity contribution is 7.09. The van der Waals surface area contributed by atoms with Crippen LogP contribution in [0.15, 0.2) is 48.5 Å². The fourth-order valence-electron chi connectivity index (χ4n) is 3.33. The van der Waals surface area contributed by atoms with E-state index in [0.29, 0.717) is 28.5 Å². The van der Waals surface area contributed by atoms with Gasteiger partial charge < -0.3 is 31.4 Å². The van der Waals surface area contributed by atoms with Crippen molar-refractivity contribution < 1.29 is 29.0 Å². The van der Waals surface area contributed by atoms with Crippen molar-refractivity contribution in [2.24, 2.45) is 5.73 Å². The Hall–Kier alpha value is -4.16. The second-order valence-electron chi connectivity index (χ2n) is 7.29. The summed E-state index contributed by atoms with van der Waals surface area (Å²) in [4.78, 5) is 40.2. The van der Waals surface area contributed by atoms with Crippen LogP contribution in [0.5, 0.6) is 11.5 Å². The van der Waals surface area contributed by atoms with E-state index in [2.05, 4.69) is 9.69 Å². The number of nitrogens with zero attached hydrogens (tertiary/aromatic N) is 2. The quantitative estimate of drug-likeness (QED) is 0.305. The van der Waals surface area contributed by atoms with Gasteiger partial charge >= 0.3 is 0 Å². The number of phenolic OH excluding ortho intramolecular Hbond substituents is 1. The fraction of sp³-hybridized carbons (Fsp3) is 0.217. The van der Waals surface area contributed by atoms with Crippen molar-refractivity contribution in [3.63, 3.8) is 0 Å². The van der Waals surface area contributed by atoms with Crippen LogP contribution in [-0.4, -0.2) is 54.6 Å². The molecule has 0 saturated heterocycles. The molecule has 12 heteroatoms. The molecule has 0 spiro atoms. The average Bonchev–Trinajstić information content (AvgIpc) is 3.24. The number of carbonyl (C=O) groups excluding carboxylic acids is 3. The molecule has 3 aromatic rings. The molecule has 1 atom stereocenters. The number of aromatic nitrogens is 1. The third kappa shape index (κ3) is 5.67. The lowest BCUT2D eigenvalue weighted by atomic mass is 10.0. The molecule has 3 amide bonds. The standard InChI is InChI=1S/C23H25N5O6S/c1-33-11-10-26-22(31)19(13-6-8-15(29)9-7-13)28(14-4-3-5-16(12-14)34-2)23(32)20-17(24)18(21(25)30)27-35-20/h3-9,12,19,29H,10-11,24H2,1-2H3,(H2,25,30)(H,26,31)/t19-/m1/s1. The molecule has 35 heavy (non-hydrogen) atoms. The Bertz CT molecular complexity index is 1210. The van der Waals surface area contributed by atoms with E-state index in [0.717, 1.165) is 0 Å². The summed E-state index contributed by atoms with van der Waals surface area (Å²) < 4.78 is 14.2. The van der Waals surface area contributed by atoms with Crippen molar-refractivity contribution in [1.82, 2.24) is 9.69 Å². The molecule has 0 aliphatic rings. The van der Waals surface area contributed by atoms with E-state index in [1.165, 1.54) is 43.4 Å². The topological polar surface area (TPSA) is 170 Å². The van der Waals surface area contributed by atoms with Gasteiger partial charge in [0.15, 0.2) is 5.69 Å². The highest BCUT2D eigenvalue weighted by atomic mass is 32.1. The normalized spacial score (nSPS) is 11.5. The van der Waals surface area contributed by atoms with Crippen LogP contribution >= 0.6 is 11.5 Å². The number of methoxy groups -OCH3 is 2. The van der Waals surface area contributed by atoms with Crippen molar-refractivity contribution in [2.75, 3.05) is 38.0 Å². The van der Waals surface area contributed by atoms with Crippen LogP contribution in [0.1, 0.15) is 31.8 Å². The van der Waals surface area contributed by atoms with E-state index >= 15 is 0 Å². The van der Waals surface area contributed by atoms with Crippen molar-refractivity contribution in [3.05, 3.63) is 64.7 Å². The van der Waals surface area contributed by atoms with Crippen molar-refractivity contribution >= 4 is 40.6 Å². The largest absolute Gasteiger partial charge is 0.508 e. The number of phenols is 1. The van der Waals surface area contributed by atoms with E-state index in [9.17, 15) is 19.5 Å². The van der Waals surface area contributed by atoms with Crippen LogP contribution in [0.3, 0.4) is 0 Å². The number of primary amides is 1. The maximum absolute atomic E-state index is 13.9. The molecule has 1 aromatic heterocycles. The van der Waals surface area contributed by atoms with Gasteiger partial charge in [0.25, 0.3) is 11.8 Å². The third-order valence-corrected chi connectivity index (χ3v) is 5.88. The lowest BCUT2D eigenvalue weighted by Crippen LogP contribution is -2.44. The Morgan fingerprint density at radius 3 is 2.49 bits per heavy atom. The number of aromatic hydroxyl groups is 1. The minimum Gasteiger partial charge on any atom is -0.508 e. The van der Waals surface area contributed by atoms with Crippen LogP contribution in [0.2, 0.25) is 0 Å². The molecular weight excluding hydrogens is 474 g/mol. The number of anilines is 2. The number of rotatable bonds is 10. The Balaban J connectivity index is 2.19. The minimum absolute atomic E-state index is 0.00986. The zero-order valence-corrected chi connectivity index (χ0v) is 19.9. The summed E-state index contributed by atoms with van der Waals surface area (Å²) >= 11 is 0.704. The van der Waals surface area contributed by atoms with E-state index in [4.69, 9.17) is 20.9 Å². The van der Waals surface area contributed by atoms with Gasteiger partial charge in [-0.15, -0.1) is 0 Å². The number of ether oxygens (including phenoxy) is 2. The highest BCUT2D eigenvalue weighted by Gasteiger charge is 2.36. The number of amides is 3. The zero-order valence-electron chi connectivity index (χ0n) is 19.1. The molecule has 0 radical (unpaired) electrons. The fourth-order valence-corrected chi connectivity index (χ4v) is 4.07. The minimum atomic E-state index is -1.19. The van der Waals surface area contributed by atoms with E-state index < -0.39 is 23.8 Å². The summed E-state index contributed by atoms with van der Waals surface area (Å²) in [6, 6.07) is 11.2. The predicted octanol–water partition coefficient (Wildman–Crippen LogP) is 1.69. The lowest BCUT2D eigenvalue weighted by Gasteiger charge is -2.31. The molecule has 1 heterocycles. The summed E-state index contributed by atoms with van der Waals surface area (Å²) in [5.41, 5.74) is 11.7. The number of hydrogen-bond acceptors (Lipinski definition) is 9. The first-order valence-corrected chi connectivity index (χ1v) is 11.1. The van der Waals surface area contributed by atoms with Gasteiger partial charge in [-0.1, -0.05) is 18.2 Å². The van der Waals surface area contributed by atoms with Crippen LogP contribution in [0.25, 0.3) is 0 Å². The van der Waals surface area contributed by atoms with Gasteiger partial charge in [-0.05, 0) is 41.4 Å². The predicted molar refractivity (Wildman–Crippen MR) is 131 cm³/mol. The van der Waals surface area contributed by atoms with Crippen LogP contribution < -0.4 is 26.4 Å². The van der Waals surface area contributed by atoms with Gasteiger partial charge in [-0.3, -0.25) is 19.3 Å². The van der Waals surface area contributed by atoms with E-state index in [1.807, 2.05) is 0 Å². The second kappa shape index (κ2) is 11.3. The molecule has 6 N–H and O–H groups in total. The number of hydrogen-bond donors (Lipinski definition) is 4. The van der Waals surface area contributed by atoms with Crippen LogP contribution in [-0.2, 0) is 9.53 Å². The molecule has 2 aromatic carbocycles. The molecular formula is C23H25N5O6S. The van der Waals surface area contributed by atoms with Crippen molar-refractivity contribution in [2.45, 2.75) is 6.04 Å². The second-order valence-corrected chi connectivity index (χ2v) is 8.07. The van der Waals surface area contributed by atoms with Gasteiger partial charge in [0, 0.05) is 25.4 Å². The zero-order chi connectivity index (χ0) is 25.5. The summed E-state index contributed by atoms with van der Waals surface area (Å²) in [5.74, 6) is -1.63. The lowest BCUT2D eigenvalue weighted by molar-refractivity contribution is -0.122. The monoisotopic (exact) mass is 499 g/mol. The first kappa shape index (κ1) is 25.5. The molecule has 3 rings (SSSR count). The van der Waals surface area contributed by atoms with Gasteiger partial charge in [-0.25, -0.2) is 0 Å². The highest BCUT2D eigenvalue weighted by Crippen LogP contribution is 2.35. The number of nitrogens with one attached hydrogen (secondary N) is 1. The Labute approximate surface area is 205 Å². The number of benzene rings is 2. The molecule has 0 aliphatic carbocycles.